The van der Waals surface area contributed by atoms with Gasteiger partial charge in [0.1, 0.15) is 18.0 Å². The number of rotatable bonds is 6. The van der Waals surface area contributed by atoms with Crippen LogP contribution in [0.25, 0.3) is 0 Å². The van der Waals surface area contributed by atoms with Gasteiger partial charge < -0.3 is 15.1 Å². The van der Waals surface area contributed by atoms with Crippen molar-refractivity contribution >= 4 is 35.0 Å². The second-order valence-electron chi connectivity index (χ2n) is 6.59. The van der Waals surface area contributed by atoms with Crippen LogP contribution in [0.3, 0.4) is 0 Å². The molecule has 1 fully saturated rings. The molecule has 4 rings (SSSR count). The van der Waals surface area contributed by atoms with Crippen molar-refractivity contribution in [3.8, 4) is 0 Å². The van der Waals surface area contributed by atoms with Gasteiger partial charge in [-0.1, -0.05) is 18.2 Å². The number of thioether (sulfide) groups is 1. The number of carbonyl (C=O) groups is 1. The second kappa shape index (κ2) is 9.38. The highest BCUT2D eigenvalue weighted by atomic mass is 32.2. The number of para-hydroxylation sites is 1. The summed E-state index contributed by atoms with van der Waals surface area (Å²) in [6, 6.07) is 16.0. The van der Waals surface area contributed by atoms with Crippen molar-refractivity contribution in [3.05, 3.63) is 67.3 Å². The van der Waals surface area contributed by atoms with E-state index in [2.05, 4.69) is 54.3 Å². The summed E-state index contributed by atoms with van der Waals surface area (Å²) in [5.41, 5.74) is 1.24. The second-order valence-corrected chi connectivity index (χ2v) is 7.64. The van der Waals surface area contributed by atoms with Gasteiger partial charge >= 0.3 is 0 Å². The third-order valence-electron chi connectivity index (χ3n) is 4.66. The van der Waals surface area contributed by atoms with E-state index in [1.54, 1.807) is 12.4 Å². The molecule has 148 valence electrons. The van der Waals surface area contributed by atoms with Crippen LogP contribution in [0.1, 0.15) is 0 Å². The average Bonchev–Trinajstić information content (AvgIpc) is 2.79. The Bertz CT molecular complexity index is 932. The number of anilines is 3. The number of aromatic nitrogens is 3. The van der Waals surface area contributed by atoms with E-state index in [4.69, 9.17) is 0 Å². The number of nitrogens with zero attached hydrogens (tertiary/aromatic N) is 5. The Morgan fingerprint density at radius 3 is 2.45 bits per heavy atom. The molecule has 0 aliphatic carbocycles. The summed E-state index contributed by atoms with van der Waals surface area (Å²) in [6.07, 6.45) is 4.94. The van der Waals surface area contributed by atoms with E-state index in [-0.39, 0.29) is 5.91 Å². The Morgan fingerprint density at radius 1 is 0.966 bits per heavy atom. The summed E-state index contributed by atoms with van der Waals surface area (Å²) in [7, 11) is 0. The summed E-state index contributed by atoms with van der Waals surface area (Å²) < 4.78 is 0. The van der Waals surface area contributed by atoms with E-state index in [0.29, 0.717) is 11.6 Å². The lowest BCUT2D eigenvalue weighted by Crippen LogP contribution is -2.46. The maximum Gasteiger partial charge on any atom is 0.235 e. The van der Waals surface area contributed by atoms with E-state index in [1.165, 1.54) is 23.8 Å². The molecular weight excluding hydrogens is 384 g/mol. The summed E-state index contributed by atoms with van der Waals surface area (Å²) in [5, 5.41) is 2.86. The third-order valence-corrected chi connectivity index (χ3v) is 5.68. The van der Waals surface area contributed by atoms with E-state index >= 15 is 0 Å². The molecule has 1 aliphatic rings. The van der Waals surface area contributed by atoms with Crippen molar-refractivity contribution in [2.45, 2.75) is 4.90 Å². The summed E-state index contributed by atoms with van der Waals surface area (Å²) in [6.45, 7) is 3.60. The normalized spacial score (nSPS) is 13.9. The van der Waals surface area contributed by atoms with Crippen molar-refractivity contribution in [2.75, 3.05) is 47.0 Å². The van der Waals surface area contributed by atoms with Gasteiger partial charge in [-0.2, -0.15) is 0 Å². The molecule has 7 nitrogen and oxygen atoms in total. The zero-order valence-electron chi connectivity index (χ0n) is 15.9. The molecule has 29 heavy (non-hydrogen) atoms. The monoisotopic (exact) mass is 406 g/mol. The van der Waals surface area contributed by atoms with Crippen LogP contribution in [0.15, 0.2) is 72.1 Å². The minimum Gasteiger partial charge on any atom is -0.368 e. The van der Waals surface area contributed by atoms with E-state index < -0.39 is 0 Å². The molecule has 0 spiro atoms. The zero-order chi connectivity index (χ0) is 19.9. The molecule has 1 aliphatic heterocycles. The highest BCUT2D eigenvalue weighted by Crippen LogP contribution is 2.21. The number of piperazine rings is 1. The molecule has 0 unspecified atom stereocenters. The van der Waals surface area contributed by atoms with E-state index in [0.717, 1.165) is 36.9 Å². The lowest BCUT2D eigenvalue weighted by atomic mass is 10.2. The molecule has 3 aromatic rings. The third kappa shape index (κ3) is 5.23. The first-order chi connectivity index (χ1) is 14.3. The SMILES string of the molecule is O=C(CSc1ccncc1)Nc1cc(N2CCN(c3ccccc3)CC2)ncn1. The molecule has 8 heteroatoms. The Morgan fingerprint density at radius 2 is 1.69 bits per heavy atom. The number of carbonyl (C=O) groups excluding carboxylic acids is 1. The predicted octanol–water partition coefficient (Wildman–Crippen LogP) is 2.93. The van der Waals surface area contributed by atoms with Gasteiger partial charge in [0.15, 0.2) is 0 Å². The van der Waals surface area contributed by atoms with Crippen molar-refractivity contribution in [1.82, 2.24) is 15.0 Å². The maximum absolute atomic E-state index is 12.2. The highest BCUT2D eigenvalue weighted by molar-refractivity contribution is 8.00. The summed E-state index contributed by atoms with van der Waals surface area (Å²) in [4.78, 5) is 30.4. The minimum atomic E-state index is -0.0923. The van der Waals surface area contributed by atoms with Crippen LogP contribution in [-0.2, 0) is 4.79 Å². The number of nitrogens with one attached hydrogen (secondary N) is 1. The fourth-order valence-corrected chi connectivity index (χ4v) is 3.87. The molecule has 0 atom stereocenters. The lowest BCUT2D eigenvalue weighted by molar-refractivity contribution is -0.113. The van der Waals surface area contributed by atoms with Crippen molar-refractivity contribution in [2.24, 2.45) is 0 Å². The van der Waals surface area contributed by atoms with Crippen LogP contribution < -0.4 is 15.1 Å². The number of pyridine rings is 1. The van der Waals surface area contributed by atoms with Crippen molar-refractivity contribution in [1.29, 1.82) is 0 Å². The van der Waals surface area contributed by atoms with Gasteiger partial charge in [0.2, 0.25) is 5.91 Å². The molecule has 0 radical (unpaired) electrons. The van der Waals surface area contributed by atoms with Gasteiger partial charge in [-0.05, 0) is 24.3 Å². The molecule has 1 amide bonds. The van der Waals surface area contributed by atoms with Gasteiger partial charge in [0.05, 0.1) is 5.75 Å². The lowest BCUT2D eigenvalue weighted by Gasteiger charge is -2.36. The van der Waals surface area contributed by atoms with Crippen LogP contribution in [0.2, 0.25) is 0 Å². The molecule has 0 saturated carbocycles. The van der Waals surface area contributed by atoms with Crippen LogP contribution in [-0.4, -0.2) is 52.8 Å². The van der Waals surface area contributed by atoms with Gasteiger partial charge in [-0.25, -0.2) is 9.97 Å². The molecule has 3 heterocycles. The maximum atomic E-state index is 12.2. The summed E-state index contributed by atoms with van der Waals surface area (Å²) in [5.74, 6) is 1.59. The van der Waals surface area contributed by atoms with Gasteiger partial charge in [-0.15, -0.1) is 11.8 Å². The highest BCUT2D eigenvalue weighted by Gasteiger charge is 2.19. The van der Waals surface area contributed by atoms with Crippen LogP contribution in [0.4, 0.5) is 17.3 Å². The fourth-order valence-electron chi connectivity index (χ4n) is 3.18. The van der Waals surface area contributed by atoms with Crippen LogP contribution in [0, 0.1) is 0 Å². The Labute approximate surface area is 174 Å². The van der Waals surface area contributed by atoms with Gasteiger partial charge in [0, 0.05) is 55.2 Å². The zero-order valence-corrected chi connectivity index (χ0v) is 16.8. The molecule has 0 bridgehead atoms. The first kappa shape index (κ1) is 19.2. The Balaban J connectivity index is 1.31. The van der Waals surface area contributed by atoms with Crippen molar-refractivity contribution in [3.63, 3.8) is 0 Å². The standard InChI is InChI=1S/C21H22N6OS/c28-21(15-29-18-6-8-22-9-7-18)25-19-14-20(24-16-23-19)27-12-10-26(11-13-27)17-4-2-1-3-5-17/h1-9,14,16H,10-13,15H2,(H,23,24,25,28). The predicted molar refractivity (Wildman–Crippen MR) is 116 cm³/mol. The van der Waals surface area contributed by atoms with E-state index in [9.17, 15) is 4.79 Å². The topological polar surface area (TPSA) is 74.2 Å². The fraction of sp³-hybridized carbons (Fsp3) is 0.238. The minimum absolute atomic E-state index is 0.0923. The number of hydrogen-bond donors (Lipinski definition) is 1. The largest absolute Gasteiger partial charge is 0.368 e. The molecule has 1 aromatic carbocycles. The molecule has 1 saturated heterocycles. The Kier molecular flexibility index (Phi) is 6.21. The van der Waals surface area contributed by atoms with Crippen LogP contribution in [0.5, 0.6) is 0 Å². The quantitative estimate of drug-likeness (QED) is 0.631. The average molecular weight is 407 g/mol. The molecule has 1 N–H and O–H groups in total. The first-order valence-corrected chi connectivity index (χ1v) is 10.5. The number of hydrogen-bond acceptors (Lipinski definition) is 7. The molecular formula is C21H22N6OS. The first-order valence-electron chi connectivity index (χ1n) is 9.47. The van der Waals surface area contributed by atoms with Crippen molar-refractivity contribution < 1.29 is 4.79 Å². The Hall–Kier alpha value is -3.13. The number of benzene rings is 1. The van der Waals surface area contributed by atoms with E-state index in [1.807, 2.05) is 24.3 Å². The smallest absolute Gasteiger partial charge is 0.235 e. The van der Waals surface area contributed by atoms with Gasteiger partial charge in [-0.3, -0.25) is 9.78 Å². The van der Waals surface area contributed by atoms with Crippen LogP contribution >= 0.6 is 11.8 Å². The summed E-state index contributed by atoms with van der Waals surface area (Å²) >= 11 is 1.47. The number of amides is 1. The molecule has 2 aromatic heterocycles. The van der Waals surface area contributed by atoms with Gasteiger partial charge in [0.25, 0.3) is 0 Å².